The molecule has 0 fully saturated rings. The van der Waals surface area contributed by atoms with Gasteiger partial charge in [-0.15, -0.1) is 0 Å². The minimum atomic E-state index is -4.38. The van der Waals surface area contributed by atoms with Gasteiger partial charge in [0.2, 0.25) is 5.91 Å². The van der Waals surface area contributed by atoms with Crippen molar-refractivity contribution in [1.29, 1.82) is 0 Å². The number of nitrogens with zero attached hydrogens (tertiary/aromatic N) is 1. The van der Waals surface area contributed by atoms with Crippen molar-refractivity contribution >= 4 is 34.4 Å². The number of alkyl halides is 3. The number of pyridine rings is 1. The molecule has 0 unspecified atom stereocenters. The van der Waals surface area contributed by atoms with E-state index in [1.807, 2.05) is 38.1 Å². The van der Waals surface area contributed by atoms with Crippen LogP contribution >= 0.6 is 0 Å². The molecule has 4 nitrogen and oxygen atoms in total. The maximum absolute atomic E-state index is 12.6. The zero-order valence-electron chi connectivity index (χ0n) is 15.9. The molecule has 0 bridgehead atoms. The van der Waals surface area contributed by atoms with Crippen LogP contribution in [0.2, 0.25) is 0 Å². The number of anilines is 2. The molecular formula is C22H20F3N3O. The van der Waals surface area contributed by atoms with Crippen molar-refractivity contribution in [2.75, 3.05) is 10.6 Å². The average Bonchev–Trinajstić information content (AvgIpc) is 2.65. The lowest BCUT2D eigenvalue weighted by atomic mass is 10.1. The van der Waals surface area contributed by atoms with E-state index in [1.54, 1.807) is 6.07 Å². The van der Waals surface area contributed by atoms with Crippen LogP contribution < -0.4 is 10.6 Å². The predicted octanol–water partition coefficient (Wildman–Crippen LogP) is 5.73. The van der Waals surface area contributed by atoms with Crippen molar-refractivity contribution in [3.8, 4) is 0 Å². The van der Waals surface area contributed by atoms with Crippen molar-refractivity contribution < 1.29 is 18.0 Å². The Morgan fingerprint density at radius 1 is 1.03 bits per heavy atom. The molecule has 0 atom stereocenters. The van der Waals surface area contributed by atoms with Gasteiger partial charge in [-0.3, -0.25) is 4.79 Å². The number of carbonyl (C=O) groups excluding carboxylic acids is 1. The average molecular weight is 399 g/mol. The summed E-state index contributed by atoms with van der Waals surface area (Å²) in [6.45, 7) is 4.06. The number of rotatable bonds is 5. The Morgan fingerprint density at radius 3 is 2.41 bits per heavy atom. The van der Waals surface area contributed by atoms with Gasteiger partial charge in [-0.1, -0.05) is 12.1 Å². The van der Waals surface area contributed by atoms with E-state index in [4.69, 9.17) is 0 Å². The van der Waals surface area contributed by atoms with Gasteiger partial charge in [-0.2, -0.15) is 13.2 Å². The van der Waals surface area contributed by atoms with E-state index in [2.05, 4.69) is 15.6 Å². The summed E-state index contributed by atoms with van der Waals surface area (Å²) >= 11 is 0. The number of hydrogen-bond acceptors (Lipinski definition) is 3. The fourth-order valence-electron chi connectivity index (χ4n) is 2.72. The second-order valence-corrected chi connectivity index (χ2v) is 6.85. The van der Waals surface area contributed by atoms with Gasteiger partial charge in [0.15, 0.2) is 0 Å². The van der Waals surface area contributed by atoms with E-state index in [9.17, 15) is 18.0 Å². The largest absolute Gasteiger partial charge is 0.416 e. The summed E-state index contributed by atoms with van der Waals surface area (Å²) in [5, 5.41) is 6.85. The molecule has 0 saturated heterocycles. The Bertz CT molecular complexity index is 1040. The van der Waals surface area contributed by atoms with Crippen LogP contribution in [0.4, 0.5) is 24.7 Å². The summed E-state index contributed by atoms with van der Waals surface area (Å²) in [4.78, 5) is 16.6. The minimum Gasteiger partial charge on any atom is -0.368 e. The first kappa shape index (κ1) is 20.4. The molecule has 1 heterocycles. The SMILES string of the molecule is CC(C)Nc1ccc2cc(NC(=O)/C=C/c3ccc(C(F)(F)F)cc3)ccc2n1. The van der Waals surface area contributed by atoms with Crippen LogP contribution in [0.15, 0.2) is 60.7 Å². The van der Waals surface area contributed by atoms with Crippen molar-refractivity contribution in [2.24, 2.45) is 0 Å². The van der Waals surface area contributed by atoms with Crippen LogP contribution in [0.5, 0.6) is 0 Å². The molecule has 0 aliphatic rings. The monoisotopic (exact) mass is 399 g/mol. The van der Waals surface area contributed by atoms with E-state index in [-0.39, 0.29) is 11.9 Å². The third-order valence-corrected chi connectivity index (χ3v) is 4.06. The van der Waals surface area contributed by atoms with Gasteiger partial charge < -0.3 is 10.6 Å². The number of benzene rings is 2. The Balaban J connectivity index is 1.66. The molecule has 1 aromatic heterocycles. The minimum absolute atomic E-state index is 0.273. The van der Waals surface area contributed by atoms with Crippen LogP contribution in [0.1, 0.15) is 25.0 Å². The van der Waals surface area contributed by atoms with Crippen molar-refractivity contribution in [3.05, 3.63) is 71.8 Å². The summed E-state index contributed by atoms with van der Waals surface area (Å²) < 4.78 is 37.7. The van der Waals surface area contributed by atoms with E-state index in [0.29, 0.717) is 11.3 Å². The van der Waals surface area contributed by atoms with Crippen LogP contribution in [-0.4, -0.2) is 16.9 Å². The molecule has 7 heteroatoms. The second kappa shape index (κ2) is 8.34. The Hall–Kier alpha value is -3.35. The van der Waals surface area contributed by atoms with E-state index in [1.165, 1.54) is 24.3 Å². The first-order chi connectivity index (χ1) is 13.7. The normalized spacial score (nSPS) is 11.9. The predicted molar refractivity (Wildman–Crippen MR) is 110 cm³/mol. The molecule has 3 aromatic rings. The third-order valence-electron chi connectivity index (χ3n) is 4.06. The molecule has 0 saturated carbocycles. The lowest BCUT2D eigenvalue weighted by Crippen LogP contribution is -2.11. The Labute approximate surface area is 166 Å². The fraction of sp³-hybridized carbons (Fsp3) is 0.182. The Morgan fingerprint density at radius 2 is 1.76 bits per heavy atom. The first-order valence-corrected chi connectivity index (χ1v) is 9.04. The lowest BCUT2D eigenvalue weighted by Gasteiger charge is -2.10. The van der Waals surface area contributed by atoms with Gasteiger partial charge in [0, 0.05) is 23.2 Å². The molecule has 150 valence electrons. The third kappa shape index (κ3) is 5.57. The molecule has 0 radical (unpaired) electrons. The van der Waals surface area contributed by atoms with E-state index >= 15 is 0 Å². The highest BCUT2D eigenvalue weighted by Crippen LogP contribution is 2.29. The summed E-state index contributed by atoms with van der Waals surface area (Å²) in [7, 11) is 0. The fourth-order valence-corrected chi connectivity index (χ4v) is 2.72. The van der Waals surface area contributed by atoms with Crippen LogP contribution in [-0.2, 0) is 11.0 Å². The standard InChI is InChI=1S/C22H20F3N3O/c1-14(2)26-20-11-6-16-13-18(9-10-19(16)28-20)27-21(29)12-5-15-3-7-17(8-4-15)22(23,24)25/h3-14H,1-2H3,(H,26,28)(H,27,29)/b12-5+. The molecule has 3 rings (SSSR count). The lowest BCUT2D eigenvalue weighted by molar-refractivity contribution is -0.137. The van der Waals surface area contributed by atoms with Crippen molar-refractivity contribution in [1.82, 2.24) is 4.98 Å². The zero-order valence-corrected chi connectivity index (χ0v) is 15.9. The number of carbonyl (C=O) groups is 1. The van der Waals surface area contributed by atoms with Gasteiger partial charge in [0.05, 0.1) is 11.1 Å². The number of halogens is 3. The first-order valence-electron chi connectivity index (χ1n) is 9.04. The molecule has 0 aliphatic heterocycles. The van der Waals surface area contributed by atoms with Crippen LogP contribution in [0.3, 0.4) is 0 Å². The molecule has 2 aromatic carbocycles. The zero-order chi connectivity index (χ0) is 21.0. The molecule has 29 heavy (non-hydrogen) atoms. The van der Waals surface area contributed by atoms with E-state index < -0.39 is 11.7 Å². The van der Waals surface area contributed by atoms with Crippen LogP contribution in [0, 0.1) is 0 Å². The summed E-state index contributed by atoms with van der Waals surface area (Å²) in [5.74, 6) is 0.402. The number of fused-ring (bicyclic) bond motifs is 1. The van der Waals surface area contributed by atoms with Crippen molar-refractivity contribution in [3.63, 3.8) is 0 Å². The molecule has 0 spiro atoms. The summed E-state index contributed by atoms with van der Waals surface area (Å²) in [5.41, 5.74) is 1.18. The number of amides is 1. The number of aromatic nitrogens is 1. The number of nitrogens with one attached hydrogen (secondary N) is 2. The maximum Gasteiger partial charge on any atom is 0.416 e. The van der Waals surface area contributed by atoms with Gasteiger partial charge in [0.1, 0.15) is 5.82 Å². The maximum atomic E-state index is 12.6. The molecular weight excluding hydrogens is 379 g/mol. The van der Waals surface area contributed by atoms with Gasteiger partial charge in [-0.25, -0.2) is 4.98 Å². The summed E-state index contributed by atoms with van der Waals surface area (Å²) in [6, 6.07) is 14.0. The van der Waals surface area contributed by atoms with Crippen LogP contribution in [0.25, 0.3) is 17.0 Å². The van der Waals surface area contributed by atoms with Gasteiger partial charge in [0.25, 0.3) is 0 Å². The molecule has 1 amide bonds. The van der Waals surface area contributed by atoms with Gasteiger partial charge >= 0.3 is 6.18 Å². The quantitative estimate of drug-likeness (QED) is 0.539. The highest BCUT2D eigenvalue weighted by molar-refractivity contribution is 6.03. The topological polar surface area (TPSA) is 54.0 Å². The second-order valence-electron chi connectivity index (χ2n) is 6.85. The highest BCUT2D eigenvalue weighted by Gasteiger charge is 2.29. The number of hydrogen-bond donors (Lipinski definition) is 2. The molecule has 2 N–H and O–H groups in total. The highest BCUT2D eigenvalue weighted by atomic mass is 19.4. The summed E-state index contributed by atoms with van der Waals surface area (Å²) in [6.07, 6.45) is -1.64. The van der Waals surface area contributed by atoms with Crippen molar-refractivity contribution in [2.45, 2.75) is 26.1 Å². The molecule has 0 aliphatic carbocycles. The van der Waals surface area contributed by atoms with E-state index in [0.717, 1.165) is 28.9 Å². The van der Waals surface area contributed by atoms with Gasteiger partial charge in [-0.05, 0) is 68.0 Å². The Kier molecular flexibility index (Phi) is 5.87. The smallest absolute Gasteiger partial charge is 0.368 e.